The molecule has 1 atom stereocenters. The molecule has 0 aliphatic rings. The fourth-order valence-electron chi connectivity index (χ4n) is 4.50. The van der Waals surface area contributed by atoms with Crippen molar-refractivity contribution in [1.82, 2.24) is 9.55 Å². The molecular formula is C24H46N2. The van der Waals surface area contributed by atoms with Crippen LogP contribution in [-0.2, 0) is 5.54 Å². The maximum Gasteiger partial charge on any atom is 0.0951 e. The number of aromatic nitrogens is 2. The van der Waals surface area contributed by atoms with E-state index in [2.05, 4.69) is 50.4 Å². The number of hydrogen-bond acceptors (Lipinski definition) is 1. The first kappa shape index (κ1) is 23.2. The molecule has 0 fully saturated rings. The molecule has 0 saturated carbocycles. The Balaban J connectivity index is 2.11. The zero-order valence-electron chi connectivity index (χ0n) is 18.5. The smallest absolute Gasteiger partial charge is 0.0951 e. The van der Waals surface area contributed by atoms with Gasteiger partial charge >= 0.3 is 0 Å². The lowest BCUT2D eigenvalue weighted by molar-refractivity contribution is 0.147. The standard InChI is InChI=1S/C24H46N2/c1-6-7-8-9-10-11-12-13-14-15-16-17-18-23(22(2)3)24(4,5)26-20-19-25-21-26/h19-23H,6-18H2,1-5H3/t23-/m0/s1. The summed E-state index contributed by atoms with van der Waals surface area (Å²) in [6.07, 6.45) is 24.5. The lowest BCUT2D eigenvalue weighted by Crippen LogP contribution is -2.37. The molecule has 0 aliphatic heterocycles. The monoisotopic (exact) mass is 362 g/mol. The van der Waals surface area contributed by atoms with Gasteiger partial charge in [0.05, 0.1) is 6.33 Å². The Labute approximate surface area is 164 Å². The predicted octanol–water partition coefficient (Wildman–Crippen LogP) is 7.98. The Kier molecular flexibility index (Phi) is 12.0. The molecule has 1 rings (SSSR count). The fraction of sp³-hybridized carbons (Fsp3) is 0.875. The summed E-state index contributed by atoms with van der Waals surface area (Å²) in [6.45, 7) is 11.8. The molecule has 2 nitrogen and oxygen atoms in total. The maximum absolute atomic E-state index is 4.26. The van der Waals surface area contributed by atoms with Crippen LogP contribution >= 0.6 is 0 Å². The van der Waals surface area contributed by atoms with Gasteiger partial charge in [-0.15, -0.1) is 0 Å². The van der Waals surface area contributed by atoms with Gasteiger partial charge in [0.15, 0.2) is 0 Å². The van der Waals surface area contributed by atoms with Crippen LogP contribution in [0, 0.1) is 11.8 Å². The molecule has 0 amide bonds. The molecule has 1 heterocycles. The zero-order chi connectivity index (χ0) is 19.3. The Morgan fingerprint density at radius 2 is 1.31 bits per heavy atom. The molecule has 0 unspecified atom stereocenters. The summed E-state index contributed by atoms with van der Waals surface area (Å²) in [5.41, 5.74) is 0.155. The van der Waals surface area contributed by atoms with Crippen LogP contribution in [0.2, 0.25) is 0 Å². The lowest BCUT2D eigenvalue weighted by atomic mass is 9.76. The van der Waals surface area contributed by atoms with Crippen LogP contribution in [0.25, 0.3) is 0 Å². The molecule has 2 heteroatoms. The van der Waals surface area contributed by atoms with Gasteiger partial charge in [-0.2, -0.15) is 0 Å². The Morgan fingerprint density at radius 1 is 0.808 bits per heavy atom. The summed E-state index contributed by atoms with van der Waals surface area (Å²) in [5, 5.41) is 0. The highest BCUT2D eigenvalue weighted by Gasteiger charge is 2.32. The normalized spacial score (nSPS) is 13.5. The molecule has 0 aromatic carbocycles. The third-order valence-electron chi connectivity index (χ3n) is 6.25. The van der Waals surface area contributed by atoms with Crippen molar-refractivity contribution in [2.45, 2.75) is 124 Å². The van der Waals surface area contributed by atoms with Gasteiger partial charge in [0, 0.05) is 17.9 Å². The summed E-state index contributed by atoms with van der Waals surface area (Å²) >= 11 is 0. The minimum absolute atomic E-state index is 0.155. The minimum atomic E-state index is 0.155. The summed E-state index contributed by atoms with van der Waals surface area (Å²) in [6, 6.07) is 0. The first-order valence-corrected chi connectivity index (χ1v) is 11.5. The average Bonchev–Trinajstić information content (AvgIpc) is 3.14. The van der Waals surface area contributed by atoms with Gasteiger partial charge in [0.1, 0.15) is 0 Å². The largest absolute Gasteiger partial charge is 0.332 e. The SMILES string of the molecule is CCCCCCCCCCCCCC[C@@H](C(C)C)C(C)(C)n1ccnc1. The number of rotatable bonds is 16. The molecule has 1 aromatic heterocycles. The van der Waals surface area contributed by atoms with E-state index >= 15 is 0 Å². The molecule has 0 saturated heterocycles. The summed E-state index contributed by atoms with van der Waals surface area (Å²) in [7, 11) is 0. The Bertz CT molecular complexity index is 419. The van der Waals surface area contributed by atoms with Crippen molar-refractivity contribution in [1.29, 1.82) is 0 Å². The van der Waals surface area contributed by atoms with Crippen LogP contribution in [0.3, 0.4) is 0 Å². The quantitative estimate of drug-likeness (QED) is 0.272. The topological polar surface area (TPSA) is 17.8 Å². The highest BCUT2D eigenvalue weighted by molar-refractivity contribution is 4.91. The molecule has 0 bridgehead atoms. The van der Waals surface area contributed by atoms with Crippen LogP contribution < -0.4 is 0 Å². The van der Waals surface area contributed by atoms with Crippen molar-refractivity contribution >= 4 is 0 Å². The molecule has 26 heavy (non-hydrogen) atoms. The van der Waals surface area contributed by atoms with Crippen molar-refractivity contribution < 1.29 is 0 Å². The van der Waals surface area contributed by atoms with Gasteiger partial charge in [-0.3, -0.25) is 0 Å². The van der Waals surface area contributed by atoms with Crippen molar-refractivity contribution in [3.8, 4) is 0 Å². The van der Waals surface area contributed by atoms with Crippen molar-refractivity contribution in [2.24, 2.45) is 11.8 Å². The van der Waals surface area contributed by atoms with E-state index in [0.29, 0.717) is 11.8 Å². The highest BCUT2D eigenvalue weighted by atomic mass is 15.1. The van der Waals surface area contributed by atoms with Crippen LogP contribution in [0.5, 0.6) is 0 Å². The van der Waals surface area contributed by atoms with Crippen LogP contribution in [0.15, 0.2) is 18.7 Å². The van der Waals surface area contributed by atoms with Gasteiger partial charge in [-0.05, 0) is 32.1 Å². The van der Waals surface area contributed by atoms with E-state index in [9.17, 15) is 0 Å². The van der Waals surface area contributed by atoms with Crippen LogP contribution in [0.4, 0.5) is 0 Å². The van der Waals surface area contributed by atoms with Crippen LogP contribution in [0.1, 0.15) is 118 Å². The van der Waals surface area contributed by atoms with Crippen molar-refractivity contribution in [3.05, 3.63) is 18.7 Å². The summed E-state index contributed by atoms with van der Waals surface area (Å²) in [4.78, 5) is 4.26. The van der Waals surface area contributed by atoms with Crippen molar-refractivity contribution in [2.75, 3.05) is 0 Å². The van der Waals surface area contributed by atoms with E-state index in [4.69, 9.17) is 0 Å². The van der Waals surface area contributed by atoms with E-state index < -0.39 is 0 Å². The van der Waals surface area contributed by atoms with Gasteiger partial charge in [0.25, 0.3) is 0 Å². The number of unbranched alkanes of at least 4 members (excludes halogenated alkanes) is 11. The fourth-order valence-corrected chi connectivity index (χ4v) is 4.50. The zero-order valence-corrected chi connectivity index (χ0v) is 18.5. The van der Waals surface area contributed by atoms with Gasteiger partial charge in [-0.1, -0.05) is 97.8 Å². The first-order valence-electron chi connectivity index (χ1n) is 11.5. The predicted molar refractivity (Wildman–Crippen MR) is 116 cm³/mol. The summed E-state index contributed by atoms with van der Waals surface area (Å²) in [5.74, 6) is 1.42. The minimum Gasteiger partial charge on any atom is -0.332 e. The van der Waals surface area contributed by atoms with E-state index in [1.165, 1.54) is 83.5 Å². The third kappa shape index (κ3) is 8.73. The second kappa shape index (κ2) is 13.4. The van der Waals surface area contributed by atoms with E-state index in [-0.39, 0.29) is 5.54 Å². The molecule has 152 valence electrons. The number of hydrogen-bond donors (Lipinski definition) is 0. The number of imidazole rings is 1. The molecule has 1 aromatic rings. The van der Waals surface area contributed by atoms with Gasteiger partial charge < -0.3 is 4.57 Å². The summed E-state index contributed by atoms with van der Waals surface area (Å²) < 4.78 is 2.30. The highest BCUT2D eigenvalue weighted by Crippen LogP contribution is 2.35. The lowest BCUT2D eigenvalue weighted by Gasteiger charge is -2.38. The maximum atomic E-state index is 4.26. The molecule has 0 spiro atoms. The van der Waals surface area contributed by atoms with E-state index in [1.54, 1.807) is 0 Å². The second-order valence-electron chi connectivity index (χ2n) is 9.15. The molecular weight excluding hydrogens is 316 g/mol. The third-order valence-corrected chi connectivity index (χ3v) is 6.25. The average molecular weight is 363 g/mol. The van der Waals surface area contributed by atoms with E-state index in [0.717, 1.165) is 0 Å². The Morgan fingerprint density at radius 3 is 1.73 bits per heavy atom. The van der Waals surface area contributed by atoms with Crippen molar-refractivity contribution in [3.63, 3.8) is 0 Å². The van der Waals surface area contributed by atoms with E-state index in [1.807, 2.05) is 12.5 Å². The van der Waals surface area contributed by atoms with Crippen LogP contribution in [-0.4, -0.2) is 9.55 Å². The second-order valence-corrected chi connectivity index (χ2v) is 9.15. The Hall–Kier alpha value is -0.790. The van der Waals surface area contributed by atoms with Gasteiger partial charge in [0.2, 0.25) is 0 Å². The van der Waals surface area contributed by atoms with Gasteiger partial charge in [-0.25, -0.2) is 4.98 Å². The molecule has 0 N–H and O–H groups in total. The molecule has 0 radical (unpaired) electrons. The number of nitrogens with zero attached hydrogens (tertiary/aromatic N) is 2. The first-order chi connectivity index (χ1) is 12.5. The molecule has 0 aliphatic carbocycles.